The number of hydrogen-bond donors (Lipinski definition) is 0. The molecule has 0 aromatic heterocycles. The maximum absolute atomic E-state index is 12.1. The van der Waals surface area contributed by atoms with Crippen LogP contribution in [0.1, 0.15) is 32.6 Å². The number of rotatable bonds is 8. The van der Waals surface area contributed by atoms with Crippen molar-refractivity contribution >= 4 is 31.7 Å². The highest BCUT2D eigenvalue weighted by molar-refractivity contribution is 9.10. The molecule has 0 unspecified atom stereocenters. The van der Waals surface area contributed by atoms with Crippen LogP contribution >= 0.6 is 15.9 Å². The topological polar surface area (TPSA) is 60.4 Å². The molecule has 0 radical (unpaired) electrons. The summed E-state index contributed by atoms with van der Waals surface area (Å²) in [4.78, 5) is 11.4. The Morgan fingerprint density at radius 1 is 1.20 bits per heavy atom. The Bertz CT molecular complexity index is 540. The summed E-state index contributed by atoms with van der Waals surface area (Å²) in [5.41, 5.74) is 0. The second-order valence-electron chi connectivity index (χ2n) is 4.36. The third-order valence-corrected chi connectivity index (χ3v) is 5.58. The number of halogens is 1. The molecule has 0 aliphatic carbocycles. The van der Waals surface area contributed by atoms with Crippen LogP contribution in [0.2, 0.25) is 0 Å². The van der Waals surface area contributed by atoms with E-state index >= 15 is 0 Å². The second-order valence-corrected chi connectivity index (χ2v) is 7.30. The molecule has 0 saturated carbocycles. The molecule has 0 aliphatic heterocycles. The van der Waals surface area contributed by atoms with Crippen LogP contribution in [0.5, 0.6) is 0 Å². The van der Waals surface area contributed by atoms with Gasteiger partial charge in [0.1, 0.15) is 0 Å². The van der Waals surface area contributed by atoms with Gasteiger partial charge in [0.15, 0.2) is 9.84 Å². The van der Waals surface area contributed by atoms with Crippen molar-refractivity contribution in [3.05, 3.63) is 28.7 Å². The normalized spacial score (nSPS) is 11.3. The van der Waals surface area contributed by atoms with Gasteiger partial charge in [-0.15, -0.1) is 0 Å². The average molecular weight is 363 g/mol. The molecule has 112 valence electrons. The zero-order valence-electron chi connectivity index (χ0n) is 11.5. The van der Waals surface area contributed by atoms with Crippen molar-refractivity contribution in [1.29, 1.82) is 0 Å². The van der Waals surface area contributed by atoms with Crippen LogP contribution in [0.4, 0.5) is 0 Å². The Balaban J connectivity index is 2.38. The second kappa shape index (κ2) is 8.42. The zero-order chi connectivity index (χ0) is 15.0. The molecule has 0 amide bonds. The van der Waals surface area contributed by atoms with Crippen LogP contribution in [0.25, 0.3) is 0 Å². The monoisotopic (exact) mass is 362 g/mol. The fourth-order valence-electron chi connectivity index (χ4n) is 1.78. The van der Waals surface area contributed by atoms with Crippen LogP contribution in [0.15, 0.2) is 33.6 Å². The molecule has 0 fully saturated rings. The van der Waals surface area contributed by atoms with Gasteiger partial charge < -0.3 is 4.74 Å². The minimum atomic E-state index is -3.26. The van der Waals surface area contributed by atoms with Gasteiger partial charge in [-0.2, -0.15) is 0 Å². The minimum Gasteiger partial charge on any atom is -0.466 e. The molecule has 0 saturated heterocycles. The first-order valence-corrected chi connectivity index (χ1v) is 9.05. The van der Waals surface area contributed by atoms with E-state index in [1.165, 1.54) is 0 Å². The number of sulfone groups is 1. The molecule has 6 heteroatoms. The number of esters is 1. The van der Waals surface area contributed by atoms with E-state index in [1.54, 1.807) is 31.2 Å². The maximum atomic E-state index is 12.1. The number of carbonyl (C=O) groups is 1. The quantitative estimate of drug-likeness (QED) is 0.525. The number of benzene rings is 1. The summed E-state index contributed by atoms with van der Waals surface area (Å²) in [7, 11) is -3.26. The van der Waals surface area contributed by atoms with Crippen molar-refractivity contribution in [2.24, 2.45) is 0 Å². The van der Waals surface area contributed by atoms with E-state index in [4.69, 9.17) is 4.74 Å². The van der Waals surface area contributed by atoms with E-state index in [-0.39, 0.29) is 11.7 Å². The molecule has 0 bridgehead atoms. The lowest BCUT2D eigenvalue weighted by atomic mass is 10.2. The molecule has 0 aliphatic rings. The van der Waals surface area contributed by atoms with Gasteiger partial charge in [0.25, 0.3) is 0 Å². The molecular weight excluding hydrogens is 344 g/mol. The lowest BCUT2D eigenvalue weighted by Crippen LogP contribution is -2.08. The fourth-order valence-corrected chi connectivity index (χ4v) is 4.26. The number of ether oxygens (including phenoxy) is 1. The van der Waals surface area contributed by atoms with Crippen LogP contribution < -0.4 is 0 Å². The van der Waals surface area contributed by atoms with Gasteiger partial charge in [-0.3, -0.25) is 4.79 Å². The van der Waals surface area contributed by atoms with E-state index in [2.05, 4.69) is 15.9 Å². The lowest BCUT2D eigenvalue weighted by Gasteiger charge is -2.06. The van der Waals surface area contributed by atoms with Crippen molar-refractivity contribution in [2.75, 3.05) is 12.4 Å². The van der Waals surface area contributed by atoms with Gasteiger partial charge in [-0.05, 0) is 47.8 Å². The molecule has 0 spiro atoms. The van der Waals surface area contributed by atoms with Crippen LogP contribution in [0, 0.1) is 0 Å². The van der Waals surface area contributed by atoms with Crippen molar-refractivity contribution in [2.45, 2.75) is 37.5 Å². The van der Waals surface area contributed by atoms with Crippen molar-refractivity contribution in [3.63, 3.8) is 0 Å². The summed E-state index contributed by atoms with van der Waals surface area (Å²) in [6, 6.07) is 6.80. The molecule has 1 aromatic carbocycles. The summed E-state index contributed by atoms with van der Waals surface area (Å²) in [5.74, 6) is -0.125. The first kappa shape index (κ1) is 17.2. The Morgan fingerprint density at radius 3 is 2.55 bits per heavy atom. The number of carbonyl (C=O) groups excluding carboxylic acids is 1. The smallest absolute Gasteiger partial charge is 0.305 e. The number of hydrogen-bond acceptors (Lipinski definition) is 4. The third-order valence-electron chi connectivity index (χ3n) is 2.77. The highest BCUT2D eigenvalue weighted by Gasteiger charge is 2.16. The standard InChI is InChI=1S/C14H19BrO4S/c1-2-19-14(16)10-4-3-7-11-20(17,18)13-9-6-5-8-12(13)15/h5-6,8-9H,2-4,7,10-11H2,1H3. The molecule has 1 aromatic rings. The Morgan fingerprint density at radius 2 is 1.90 bits per heavy atom. The van der Waals surface area contributed by atoms with E-state index in [9.17, 15) is 13.2 Å². The van der Waals surface area contributed by atoms with Crippen molar-refractivity contribution < 1.29 is 17.9 Å². The summed E-state index contributed by atoms with van der Waals surface area (Å²) >= 11 is 3.25. The van der Waals surface area contributed by atoms with Gasteiger partial charge in [-0.25, -0.2) is 8.42 Å². The third kappa shape index (κ3) is 5.63. The SMILES string of the molecule is CCOC(=O)CCCCCS(=O)(=O)c1ccccc1Br. The van der Waals surface area contributed by atoms with Gasteiger partial charge in [0.05, 0.1) is 17.3 Å². The van der Waals surface area contributed by atoms with Crippen LogP contribution in [-0.2, 0) is 19.4 Å². The number of unbranched alkanes of at least 4 members (excludes halogenated alkanes) is 2. The lowest BCUT2D eigenvalue weighted by molar-refractivity contribution is -0.143. The fraction of sp³-hybridized carbons (Fsp3) is 0.500. The molecule has 1 rings (SSSR count). The highest BCUT2D eigenvalue weighted by atomic mass is 79.9. The van der Waals surface area contributed by atoms with Gasteiger partial charge in [-0.1, -0.05) is 18.6 Å². The van der Waals surface area contributed by atoms with E-state index in [0.717, 1.165) is 0 Å². The average Bonchev–Trinajstić information content (AvgIpc) is 2.39. The molecule has 0 N–H and O–H groups in total. The van der Waals surface area contributed by atoms with Crippen LogP contribution in [-0.4, -0.2) is 26.7 Å². The van der Waals surface area contributed by atoms with E-state index < -0.39 is 9.84 Å². The molecule has 0 atom stereocenters. The molecular formula is C14H19BrO4S. The highest BCUT2D eigenvalue weighted by Crippen LogP contribution is 2.23. The zero-order valence-corrected chi connectivity index (χ0v) is 13.9. The molecule has 20 heavy (non-hydrogen) atoms. The summed E-state index contributed by atoms with van der Waals surface area (Å²) in [6.45, 7) is 2.15. The van der Waals surface area contributed by atoms with Crippen molar-refractivity contribution in [1.82, 2.24) is 0 Å². The van der Waals surface area contributed by atoms with Crippen LogP contribution in [0.3, 0.4) is 0 Å². The Labute approximate surface area is 128 Å². The first-order chi connectivity index (χ1) is 9.47. The summed E-state index contributed by atoms with van der Waals surface area (Å²) < 4.78 is 29.7. The van der Waals surface area contributed by atoms with Gasteiger partial charge in [0, 0.05) is 10.9 Å². The molecule has 0 heterocycles. The minimum absolute atomic E-state index is 0.0957. The Kier molecular flexibility index (Phi) is 7.23. The largest absolute Gasteiger partial charge is 0.466 e. The van der Waals surface area contributed by atoms with Gasteiger partial charge >= 0.3 is 5.97 Å². The molecule has 4 nitrogen and oxygen atoms in total. The van der Waals surface area contributed by atoms with E-state index in [0.29, 0.717) is 41.7 Å². The summed E-state index contributed by atoms with van der Waals surface area (Å²) in [5, 5.41) is 0. The Hall–Kier alpha value is -0.880. The predicted molar refractivity (Wildman–Crippen MR) is 81.3 cm³/mol. The maximum Gasteiger partial charge on any atom is 0.305 e. The van der Waals surface area contributed by atoms with Gasteiger partial charge in [0.2, 0.25) is 0 Å². The first-order valence-electron chi connectivity index (χ1n) is 6.60. The predicted octanol–water partition coefficient (Wildman–Crippen LogP) is 3.35. The summed E-state index contributed by atoms with van der Waals surface area (Å²) in [6.07, 6.45) is 2.25. The van der Waals surface area contributed by atoms with Crippen molar-refractivity contribution in [3.8, 4) is 0 Å². The van der Waals surface area contributed by atoms with E-state index in [1.807, 2.05) is 0 Å².